The minimum absolute atomic E-state index is 0.0894. The molecule has 0 amide bonds. The minimum Gasteiger partial charge on any atom is -0.392 e. The highest BCUT2D eigenvalue weighted by atomic mass is 16.3. The molecule has 3 saturated carbocycles. The van der Waals surface area contributed by atoms with Gasteiger partial charge in [0.05, 0.1) is 6.10 Å². The average Bonchev–Trinajstić information content (AvgIpc) is 2.86. The predicted molar refractivity (Wildman–Crippen MR) is 92.3 cm³/mol. The van der Waals surface area contributed by atoms with E-state index in [4.69, 9.17) is 0 Å². The van der Waals surface area contributed by atoms with Crippen LogP contribution in [0.5, 0.6) is 0 Å². The molecule has 4 rings (SSSR count). The maximum Gasteiger partial charge on any atom is 0.158 e. The molecule has 3 heteroatoms. The van der Waals surface area contributed by atoms with Gasteiger partial charge in [0.2, 0.25) is 0 Å². The third-order valence-corrected chi connectivity index (χ3v) is 8.56. The van der Waals surface area contributed by atoms with Crippen LogP contribution in [0, 0.1) is 34.5 Å². The maximum absolute atomic E-state index is 12.2. The topological polar surface area (TPSA) is 54.4 Å². The normalized spacial score (nSPS) is 50.6. The van der Waals surface area contributed by atoms with Gasteiger partial charge in [-0.05, 0) is 74.7 Å². The van der Waals surface area contributed by atoms with Crippen LogP contribution in [0.15, 0.2) is 11.6 Å². The lowest BCUT2D eigenvalue weighted by Gasteiger charge is -2.59. The Balaban J connectivity index is 1.70. The smallest absolute Gasteiger partial charge is 0.158 e. The number of carbonyl (C=O) groups excluding carboxylic acids is 2. The quantitative estimate of drug-likeness (QED) is 0.797. The number of hydrogen-bond acceptors (Lipinski definition) is 3. The van der Waals surface area contributed by atoms with Crippen LogP contribution in [0.3, 0.4) is 0 Å². The lowest BCUT2D eigenvalue weighted by atomic mass is 9.46. The van der Waals surface area contributed by atoms with Crippen molar-refractivity contribution in [1.29, 1.82) is 0 Å². The van der Waals surface area contributed by atoms with Crippen LogP contribution in [-0.4, -0.2) is 22.8 Å². The molecule has 0 spiro atoms. The largest absolute Gasteiger partial charge is 0.392 e. The van der Waals surface area contributed by atoms with Crippen molar-refractivity contribution in [2.45, 2.75) is 71.8 Å². The van der Waals surface area contributed by atoms with Crippen LogP contribution >= 0.6 is 0 Å². The summed E-state index contributed by atoms with van der Waals surface area (Å²) in [5.41, 5.74) is 1.11. The van der Waals surface area contributed by atoms with Gasteiger partial charge in [-0.2, -0.15) is 0 Å². The third-order valence-electron chi connectivity index (χ3n) is 8.56. The molecule has 1 unspecified atom stereocenters. The molecule has 0 aromatic heterocycles. The maximum atomic E-state index is 12.2. The Morgan fingerprint density at radius 1 is 1.17 bits per heavy atom. The summed E-state index contributed by atoms with van der Waals surface area (Å²) in [7, 11) is 0. The Labute approximate surface area is 144 Å². The van der Waals surface area contributed by atoms with Crippen LogP contribution in [0.1, 0.15) is 65.7 Å². The summed E-state index contributed by atoms with van der Waals surface area (Å²) in [5.74, 6) is 2.35. The van der Waals surface area contributed by atoms with Crippen molar-refractivity contribution in [3.63, 3.8) is 0 Å². The van der Waals surface area contributed by atoms with Gasteiger partial charge in [0.1, 0.15) is 5.78 Å². The number of Topliss-reactive ketones (excluding diaryl/α,β-unsaturated/α-hetero) is 1. The summed E-state index contributed by atoms with van der Waals surface area (Å²) < 4.78 is 0. The SMILES string of the molecule is CC(=O)[C@@H]1CC[C@H]2[C@@H]3CCC4=CC(=O)CC(O)[C@]4(C)[C@H]3CC[C@]12C. The van der Waals surface area contributed by atoms with Gasteiger partial charge >= 0.3 is 0 Å². The third kappa shape index (κ3) is 2.00. The molecule has 3 nitrogen and oxygen atoms in total. The van der Waals surface area contributed by atoms with Crippen molar-refractivity contribution in [1.82, 2.24) is 0 Å². The highest BCUT2D eigenvalue weighted by Crippen LogP contribution is 2.66. The first-order chi connectivity index (χ1) is 11.3. The van der Waals surface area contributed by atoms with Gasteiger partial charge in [-0.1, -0.05) is 19.4 Å². The molecule has 1 N–H and O–H groups in total. The first kappa shape index (κ1) is 16.5. The van der Waals surface area contributed by atoms with E-state index in [1.807, 2.05) is 6.08 Å². The molecule has 0 aromatic carbocycles. The first-order valence-corrected chi connectivity index (χ1v) is 9.71. The van der Waals surface area contributed by atoms with Crippen LogP contribution < -0.4 is 0 Å². The molecular formula is C21H30O3. The minimum atomic E-state index is -0.535. The molecule has 7 atom stereocenters. The van der Waals surface area contributed by atoms with E-state index in [0.717, 1.165) is 38.5 Å². The average molecular weight is 330 g/mol. The van der Waals surface area contributed by atoms with Crippen molar-refractivity contribution >= 4 is 11.6 Å². The van der Waals surface area contributed by atoms with Crippen molar-refractivity contribution < 1.29 is 14.7 Å². The molecule has 3 fully saturated rings. The first-order valence-electron chi connectivity index (χ1n) is 9.71. The highest BCUT2D eigenvalue weighted by Gasteiger charge is 2.61. The molecule has 0 radical (unpaired) electrons. The van der Waals surface area contributed by atoms with Crippen molar-refractivity contribution in [2.75, 3.05) is 0 Å². The highest BCUT2D eigenvalue weighted by molar-refractivity contribution is 5.92. The lowest BCUT2D eigenvalue weighted by Crippen LogP contribution is -2.55. The van der Waals surface area contributed by atoms with Crippen molar-refractivity contribution in [3.05, 3.63) is 11.6 Å². The fourth-order valence-corrected chi connectivity index (χ4v) is 7.28. The fourth-order valence-electron chi connectivity index (χ4n) is 7.28. The number of hydrogen-bond donors (Lipinski definition) is 1. The molecular weight excluding hydrogens is 300 g/mol. The second-order valence-electron chi connectivity index (χ2n) is 9.34. The molecule has 4 aliphatic rings. The van der Waals surface area contributed by atoms with Crippen molar-refractivity contribution in [2.24, 2.45) is 34.5 Å². The van der Waals surface area contributed by atoms with E-state index in [2.05, 4.69) is 13.8 Å². The van der Waals surface area contributed by atoms with Crippen LogP contribution in [0.2, 0.25) is 0 Å². The second-order valence-corrected chi connectivity index (χ2v) is 9.34. The van der Waals surface area contributed by atoms with E-state index >= 15 is 0 Å². The molecule has 0 bridgehead atoms. The number of rotatable bonds is 1. The van der Waals surface area contributed by atoms with Crippen LogP contribution in [-0.2, 0) is 9.59 Å². The van der Waals surface area contributed by atoms with Gasteiger partial charge in [-0.25, -0.2) is 0 Å². The summed E-state index contributed by atoms with van der Waals surface area (Å²) in [5, 5.41) is 10.8. The second kappa shape index (κ2) is 5.27. The van der Waals surface area contributed by atoms with E-state index < -0.39 is 6.10 Å². The predicted octanol–water partition coefficient (Wildman–Crippen LogP) is 3.69. The Kier molecular flexibility index (Phi) is 3.62. The van der Waals surface area contributed by atoms with Gasteiger partial charge in [0.15, 0.2) is 5.78 Å². The molecule has 0 heterocycles. The Bertz CT molecular complexity index is 621. The van der Waals surface area contributed by atoms with E-state index in [-0.39, 0.29) is 29.0 Å². The fraction of sp³-hybridized carbons (Fsp3) is 0.810. The van der Waals surface area contributed by atoms with Crippen LogP contribution in [0.4, 0.5) is 0 Å². The molecule has 0 aromatic rings. The summed E-state index contributed by atoms with van der Waals surface area (Å²) in [6, 6.07) is 0. The lowest BCUT2D eigenvalue weighted by molar-refractivity contribution is -0.134. The molecule has 0 aliphatic heterocycles. The number of carbonyl (C=O) groups is 2. The van der Waals surface area contributed by atoms with E-state index in [1.54, 1.807) is 6.92 Å². The zero-order valence-corrected chi connectivity index (χ0v) is 15.2. The summed E-state index contributed by atoms with van der Waals surface area (Å²) in [6.45, 7) is 6.32. The summed E-state index contributed by atoms with van der Waals surface area (Å²) in [4.78, 5) is 24.1. The Morgan fingerprint density at radius 2 is 1.92 bits per heavy atom. The zero-order chi connectivity index (χ0) is 17.3. The Hall–Kier alpha value is -0.960. The van der Waals surface area contributed by atoms with E-state index in [9.17, 15) is 14.7 Å². The van der Waals surface area contributed by atoms with Crippen molar-refractivity contribution in [3.8, 4) is 0 Å². The van der Waals surface area contributed by atoms with Gasteiger partial charge in [0, 0.05) is 17.8 Å². The molecule has 0 saturated heterocycles. The van der Waals surface area contributed by atoms with Gasteiger partial charge in [0.25, 0.3) is 0 Å². The summed E-state index contributed by atoms with van der Waals surface area (Å²) in [6.07, 6.45) is 8.02. The van der Waals surface area contributed by atoms with Gasteiger partial charge in [-0.3, -0.25) is 9.59 Å². The standard InChI is InChI=1S/C21H30O3/c1-12(22)16-6-7-17-15-5-4-13-10-14(23)11-19(24)21(13,3)18(15)8-9-20(16,17)2/h10,15-19,24H,4-9,11H2,1-3H3/t15-,16-,17-,18-,19?,20+,21-/m0/s1. The molecule has 132 valence electrons. The van der Waals surface area contributed by atoms with Gasteiger partial charge < -0.3 is 5.11 Å². The Morgan fingerprint density at radius 3 is 2.62 bits per heavy atom. The van der Waals surface area contributed by atoms with E-state index in [0.29, 0.717) is 23.5 Å². The monoisotopic (exact) mass is 330 g/mol. The number of aliphatic hydroxyl groups is 1. The molecule has 24 heavy (non-hydrogen) atoms. The van der Waals surface area contributed by atoms with Crippen LogP contribution in [0.25, 0.3) is 0 Å². The molecule has 4 aliphatic carbocycles. The number of aliphatic hydroxyl groups excluding tert-OH is 1. The zero-order valence-electron chi connectivity index (χ0n) is 15.2. The van der Waals surface area contributed by atoms with E-state index in [1.165, 1.54) is 5.57 Å². The number of ketones is 2. The van der Waals surface area contributed by atoms with Gasteiger partial charge in [-0.15, -0.1) is 0 Å². The number of fused-ring (bicyclic) bond motifs is 5. The summed E-state index contributed by atoms with van der Waals surface area (Å²) >= 11 is 0.